The number of carbonyl (C=O) groups excluding carboxylic acids is 1. The molecule has 0 atom stereocenters. The average Bonchev–Trinajstić information content (AvgIpc) is 3.26. The lowest BCUT2D eigenvalue weighted by molar-refractivity contribution is -0.124. The molecule has 1 aromatic carbocycles. The number of nitrogens with one attached hydrogen (secondary N) is 2. The fourth-order valence-electron chi connectivity index (χ4n) is 3.45. The molecule has 1 aliphatic rings. The van der Waals surface area contributed by atoms with Gasteiger partial charge in [0.1, 0.15) is 0 Å². The number of ether oxygens (including phenoxy) is 1. The van der Waals surface area contributed by atoms with Gasteiger partial charge in [0.05, 0.1) is 19.5 Å². The predicted molar refractivity (Wildman–Crippen MR) is 121 cm³/mol. The summed E-state index contributed by atoms with van der Waals surface area (Å²) in [5.41, 5.74) is 5.02. The number of imidazole rings is 1. The van der Waals surface area contributed by atoms with E-state index in [0.29, 0.717) is 31.5 Å². The quantitative estimate of drug-likeness (QED) is 0.293. The lowest BCUT2D eigenvalue weighted by atomic mass is 10.1. The minimum absolute atomic E-state index is 0.230. The van der Waals surface area contributed by atoms with Crippen LogP contribution >= 0.6 is 0 Å². The van der Waals surface area contributed by atoms with E-state index >= 15 is 0 Å². The highest BCUT2D eigenvalue weighted by molar-refractivity contribution is 5.90. The number of morpholine rings is 1. The molecular formula is C22H27N7O3. The van der Waals surface area contributed by atoms with Crippen LogP contribution in [0, 0.1) is 0 Å². The van der Waals surface area contributed by atoms with Crippen LogP contribution in [0.5, 0.6) is 0 Å². The summed E-state index contributed by atoms with van der Waals surface area (Å²) < 4.78 is 7.52. The molecule has 1 aliphatic heterocycles. The van der Waals surface area contributed by atoms with Crippen LogP contribution in [0.4, 0.5) is 11.8 Å². The van der Waals surface area contributed by atoms with Gasteiger partial charge in [-0.2, -0.15) is 9.97 Å². The van der Waals surface area contributed by atoms with Crippen molar-refractivity contribution in [2.75, 3.05) is 36.5 Å². The summed E-state index contributed by atoms with van der Waals surface area (Å²) in [5.74, 6) is 0.799. The van der Waals surface area contributed by atoms with Crippen molar-refractivity contribution in [2.45, 2.75) is 26.4 Å². The summed E-state index contributed by atoms with van der Waals surface area (Å²) in [6.07, 6.45) is 4.70. The standard InChI is InChI=1S/C22H27N7O3/c1-15(2)29-14-24-19-20(25-22(26-21(19)29)28-9-11-32-12-10-28)23-13-17-5-3-16(4-6-17)7-8-18(30)27-31/h3-8,14-15,31H,9-13H2,1-2H3,(H,27,30)(H,23,25,26)/b8-7+. The fraction of sp³-hybridized carbons (Fsp3) is 0.364. The number of nitrogens with zero attached hydrogens (tertiary/aromatic N) is 5. The van der Waals surface area contributed by atoms with Crippen molar-refractivity contribution in [3.05, 3.63) is 47.8 Å². The molecule has 0 bridgehead atoms. The molecule has 0 saturated carbocycles. The van der Waals surface area contributed by atoms with Crippen LogP contribution in [-0.2, 0) is 16.1 Å². The number of carbonyl (C=O) groups is 1. The van der Waals surface area contributed by atoms with E-state index in [1.54, 1.807) is 11.6 Å². The van der Waals surface area contributed by atoms with E-state index in [-0.39, 0.29) is 6.04 Å². The van der Waals surface area contributed by atoms with Gasteiger partial charge in [-0.1, -0.05) is 24.3 Å². The second kappa shape index (κ2) is 9.75. The van der Waals surface area contributed by atoms with Gasteiger partial charge in [0.2, 0.25) is 5.95 Å². The molecule has 1 amide bonds. The second-order valence-electron chi connectivity index (χ2n) is 7.79. The number of hydrogen-bond acceptors (Lipinski definition) is 8. The summed E-state index contributed by atoms with van der Waals surface area (Å²) in [5, 5.41) is 12.0. The monoisotopic (exact) mass is 437 g/mol. The van der Waals surface area contributed by atoms with Gasteiger partial charge in [0.25, 0.3) is 5.91 Å². The molecular weight excluding hydrogens is 410 g/mol. The van der Waals surface area contributed by atoms with E-state index < -0.39 is 5.91 Å². The Morgan fingerprint density at radius 2 is 1.97 bits per heavy atom. The van der Waals surface area contributed by atoms with Crippen LogP contribution in [0.3, 0.4) is 0 Å². The number of benzene rings is 1. The normalized spacial score (nSPS) is 14.4. The average molecular weight is 438 g/mol. The molecule has 2 aromatic heterocycles. The summed E-state index contributed by atoms with van der Waals surface area (Å²) in [6, 6.07) is 7.98. The van der Waals surface area contributed by atoms with E-state index in [0.717, 1.165) is 35.4 Å². The predicted octanol–water partition coefficient (Wildman–Crippen LogP) is 2.37. The van der Waals surface area contributed by atoms with Gasteiger partial charge in [-0.3, -0.25) is 10.0 Å². The smallest absolute Gasteiger partial charge is 0.267 e. The van der Waals surface area contributed by atoms with Crippen molar-refractivity contribution in [3.63, 3.8) is 0 Å². The second-order valence-corrected chi connectivity index (χ2v) is 7.79. The van der Waals surface area contributed by atoms with Crippen LogP contribution in [-0.4, -0.2) is 56.9 Å². The van der Waals surface area contributed by atoms with Crippen molar-refractivity contribution in [1.82, 2.24) is 25.0 Å². The van der Waals surface area contributed by atoms with E-state index in [1.165, 1.54) is 6.08 Å². The molecule has 10 heteroatoms. The Labute approximate surface area is 185 Å². The van der Waals surface area contributed by atoms with Crippen LogP contribution in [0.15, 0.2) is 36.7 Å². The number of hydroxylamine groups is 1. The first-order valence-corrected chi connectivity index (χ1v) is 10.6. The molecule has 0 spiro atoms. The third kappa shape index (κ3) is 4.87. The fourth-order valence-corrected chi connectivity index (χ4v) is 3.45. The largest absolute Gasteiger partial charge is 0.378 e. The zero-order valence-corrected chi connectivity index (χ0v) is 18.2. The van der Waals surface area contributed by atoms with Gasteiger partial charge in [-0.15, -0.1) is 0 Å². The molecule has 0 unspecified atom stereocenters. The number of hydrogen-bond donors (Lipinski definition) is 3. The molecule has 4 rings (SSSR count). The Kier molecular flexibility index (Phi) is 6.62. The third-order valence-electron chi connectivity index (χ3n) is 5.24. The maximum atomic E-state index is 11.1. The van der Waals surface area contributed by atoms with E-state index in [9.17, 15) is 4.79 Å². The number of fused-ring (bicyclic) bond motifs is 1. The summed E-state index contributed by atoms with van der Waals surface area (Å²) in [7, 11) is 0. The Hall–Kier alpha value is -3.50. The Morgan fingerprint density at radius 1 is 1.22 bits per heavy atom. The maximum absolute atomic E-state index is 11.1. The van der Waals surface area contributed by atoms with Gasteiger partial charge in [-0.25, -0.2) is 10.5 Å². The summed E-state index contributed by atoms with van der Waals surface area (Å²) in [4.78, 5) is 27.4. The van der Waals surface area contributed by atoms with Gasteiger partial charge in [0.15, 0.2) is 17.0 Å². The zero-order chi connectivity index (χ0) is 22.5. The first-order chi connectivity index (χ1) is 15.5. The molecule has 3 N–H and O–H groups in total. The van der Waals surface area contributed by atoms with Crippen LogP contribution < -0.4 is 15.7 Å². The first-order valence-electron chi connectivity index (χ1n) is 10.6. The molecule has 32 heavy (non-hydrogen) atoms. The van der Waals surface area contributed by atoms with Crippen molar-refractivity contribution >= 4 is 34.9 Å². The van der Waals surface area contributed by atoms with Gasteiger partial charge in [-0.05, 0) is 31.1 Å². The number of aromatic nitrogens is 4. The topological polar surface area (TPSA) is 117 Å². The molecule has 168 valence electrons. The highest BCUT2D eigenvalue weighted by Gasteiger charge is 2.20. The maximum Gasteiger partial charge on any atom is 0.267 e. The minimum atomic E-state index is -0.569. The van der Waals surface area contributed by atoms with Gasteiger partial charge < -0.3 is 19.5 Å². The number of anilines is 2. The zero-order valence-electron chi connectivity index (χ0n) is 18.2. The minimum Gasteiger partial charge on any atom is -0.378 e. The first kappa shape index (κ1) is 21.7. The van der Waals surface area contributed by atoms with Crippen molar-refractivity contribution in [3.8, 4) is 0 Å². The molecule has 3 heterocycles. The third-order valence-corrected chi connectivity index (χ3v) is 5.24. The molecule has 1 fully saturated rings. The molecule has 10 nitrogen and oxygen atoms in total. The lowest BCUT2D eigenvalue weighted by Gasteiger charge is -2.27. The van der Waals surface area contributed by atoms with Crippen molar-refractivity contribution < 1.29 is 14.7 Å². The van der Waals surface area contributed by atoms with E-state index in [4.69, 9.17) is 19.9 Å². The number of rotatable bonds is 7. The lowest BCUT2D eigenvalue weighted by Crippen LogP contribution is -2.37. The number of amides is 1. The summed E-state index contributed by atoms with van der Waals surface area (Å²) >= 11 is 0. The van der Waals surface area contributed by atoms with Gasteiger partial charge in [0, 0.05) is 31.8 Å². The summed E-state index contributed by atoms with van der Waals surface area (Å²) in [6.45, 7) is 7.59. The molecule has 1 saturated heterocycles. The Bertz CT molecular complexity index is 1100. The van der Waals surface area contributed by atoms with E-state index in [1.807, 2.05) is 30.6 Å². The SMILES string of the molecule is CC(C)n1cnc2c(NCc3ccc(/C=C/C(=O)NO)cc3)nc(N3CCOCC3)nc21. The van der Waals surface area contributed by atoms with Crippen LogP contribution in [0.25, 0.3) is 17.2 Å². The Morgan fingerprint density at radius 3 is 2.66 bits per heavy atom. The molecule has 3 aromatic rings. The molecule has 0 radical (unpaired) electrons. The molecule has 0 aliphatic carbocycles. The van der Waals surface area contributed by atoms with Gasteiger partial charge >= 0.3 is 0 Å². The highest BCUT2D eigenvalue weighted by atomic mass is 16.5. The van der Waals surface area contributed by atoms with Crippen LogP contribution in [0.2, 0.25) is 0 Å². The highest BCUT2D eigenvalue weighted by Crippen LogP contribution is 2.25. The Balaban J connectivity index is 1.56. The van der Waals surface area contributed by atoms with E-state index in [2.05, 4.69) is 33.6 Å². The van der Waals surface area contributed by atoms with Crippen LogP contribution in [0.1, 0.15) is 31.0 Å². The van der Waals surface area contributed by atoms with Crippen molar-refractivity contribution in [2.24, 2.45) is 0 Å². The van der Waals surface area contributed by atoms with Crippen molar-refractivity contribution in [1.29, 1.82) is 0 Å².